The Labute approximate surface area is 123 Å². The topological polar surface area (TPSA) is 46.3 Å². The molecule has 5 heteroatoms. The number of nitrogens with zero attached hydrogens (tertiary/aromatic N) is 1. The van der Waals surface area contributed by atoms with E-state index in [2.05, 4.69) is 0 Å². The molecule has 0 heterocycles. The number of amides is 1. The summed E-state index contributed by atoms with van der Waals surface area (Å²) in [5.74, 6) is -0.559. The molecule has 2 rings (SSSR count). The van der Waals surface area contributed by atoms with Gasteiger partial charge < -0.3 is 10.6 Å². The van der Waals surface area contributed by atoms with Crippen molar-refractivity contribution >= 4 is 17.5 Å². The lowest BCUT2D eigenvalue weighted by molar-refractivity contribution is 0.0641. The van der Waals surface area contributed by atoms with E-state index in [1.54, 1.807) is 0 Å². The first kappa shape index (κ1) is 15.3. The molecule has 1 aromatic carbocycles. The van der Waals surface area contributed by atoms with Crippen molar-refractivity contribution in [1.82, 2.24) is 4.90 Å². The Morgan fingerprint density at radius 3 is 2.60 bits per heavy atom. The fourth-order valence-corrected chi connectivity index (χ4v) is 3.05. The second-order valence-corrected chi connectivity index (χ2v) is 5.69. The number of rotatable bonds is 3. The van der Waals surface area contributed by atoms with E-state index in [4.69, 9.17) is 17.3 Å². The van der Waals surface area contributed by atoms with Gasteiger partial charge in [-0.2, -0.15) is 0 Å². The Morgan fingerprint density at radius 2 is 2.05 bits per heavy atom. The summed E-state index contributed by atoms with van der Waals surface area (Å²) < 4.78 is 13.1. The number of carbonyl (C=O) groups is 1. The number of halogens is 2. The van der Waals surface area contributed by atoms with Gasteiger partial charge in [0.2, 0.25) is 0 Å². The van der Waals surface area contributed by atoms with E-state index < -0.39 is 5.82 Å². The van der Waals surface area contributed by atoms with E-state index in [0.29, 0.717) is 12.1 Å². The van der Waals surface area contributed by atoms with Crippen LogP contribution in [0.1, 0.15) is 43.0 Å². The Hall–Kier alpha value is -1.13. The third kappa shape index (κ3) is 3.30. The third-order valence-corrected chi connectivity index (χ3v) is 4.26. The molecule has 1 aliphatic carbocycles. The molecule has 110 valence electrons. The minimum absolute atomic E-state index is 0.127. The van der Waals surface area contributed by atoms with Crippen LogP contribution in [0, 0.1) is 5.82 Å². The number of hydrogen-bond acceptors (Lipinski definition) is 2. The summed E-state index contributed by atoms with van der Waals surface area (Å²) in [6.45, 7) is 2.57. The highest BCUT2D eigenvalue weighted by atomic mass is 35.5. The van der Waals surface area contributed by atoms with E-state index in [1.807, 2.05) is 11.8 Å². The molecule has 0 aromatic heterocycles. The molecule has 0 atom stereocenters. The molecule has 1 aromatic rings. The normalized spacial score (nSPS) is 22.6. The van der Waals surface area contributed by atoms with Gasteiger partial charge >= 0.3 is 0 Å². The van der Waals surface area contributed by atoms with Crippen molar-refractivity contribution in [3.63, 3.8) is 0 Å². The van der Waals surface area contributed by atoms with Crippen molar-refractivity contribution in [3.05, 3.63) is 34.6 Å². The van der Waals surface area contributed by atoms with E-state index in [1.165, 1.54) is 18.2 Å². The van der Waals surface area contributed by atoms with Crippen molar-refractivity contribution < 1.29 is 9.18 Å². The lowest BCUT2D eigenvalue weighted by Crippen LogP contribution is -2.44. The molecular weight excluding hydrogens is 279 g/mol. The predicted molar refractivity (Wildman–Crippen MR) is 78.4 cm³/mol. The maximum Gasteiger partial charge on any atom is 0.255 e. The molecular formula is C15H20ClFN2O. The van der Waals surface area contributed by atoms with Gasteiger partial charge in [0.15, 0.2) is 0 Å². The standard InChI is InChI=1S/C15H20ClFN2O/c1-2-19(12-6-4-11(18)5-7-12)15(20)13-8-3-10(17)9-14(13)16/h3,8-9,11-12H,2,4-7,18H2,1H3. The van der Waals surface area contributed by atoms with E-state index in [9.17, 15) is 9.18 Å². The fourth-order valence-electron chi connectivity index (χ4n) is 2.80. The summed E-state index contributed by atoms with van der Waals surface area (Å²) >= 11 is 5.98. The SMILES string of the molecule is CCN(C(=O)c1ccc(F)cc1Cl)C1CCC(N)CC1. The van der Waals surface area contributed by atoms with Crippen LogP contribution < -0.4 is 5.73 Å². The molecule has 0 unspecified atom stereocenters. The van der Waals surface area contributed by atoms with Gasteiger partial charge in [0.1, 0.15) is 5.82 Å². The minimum atomic E-state index is -0.432. The van der Waals surface area contributed by atoms with E-state index in [0.717, 1.165) is 25.7 Å². The smallest absolute Gasteiger partial charge is 0.255 e. The molecule has 1 saturated carbocycles. The van der Waals surface area contributed by atoms with Crippen LogP contribution >= 0.6 is 11.6 Å². The zero-order chi connectivity index (χ0) is 14.7. The summed E-state index contributed by atoms with van der Waals surface area (Å²) in [7, 11) is 0. The molecule has 0 spiro atoms. The third-order valence-electron chi connectivity index (χ3n) is 3.95. The summed E-state index contributed by atoms with van der Waals surface area (Å²) in [6.07, 6.45) is 3.70. The molecule has 1 amide bonds. The van der Waals surface area contributed by atoms with Crippen molar-refractivity contribution in [3.8, 4) is 0 Å². The van der Waals surface area contributed by atoms with Gasteiger partial charge in [-0.25, -0.2) is 4.39 Å². The quantitative estimate of drug-likeness (QED) is 0.931. The minimum Gasteiger partial charge on any atom is -0.336 e. The van der Waals surface area contributed by atoms with Crippen LogP contribution in [0.2, 0.25) is 5.02 Å². The average molecular weight is 299 g/mol. The van der Waals surface area contributed by atoms with Gasteiger partial charge in [-0.3, -0.25) is 4.79 Å². The Bertz CT molecular complexity index is 487. The lowest BCUT2D eigenvalue weighted by Gasteiger charge is -2.35. The highest BCUT2D eigenvalue weighted by molar-refractivity contribution is 6.33. The highest BCUT2D eigenvalue weighted by Crippen LogP contribution is 2.26. The van der Waals surface area contributed by atoms with Crippen molar-refractivity contribution in [2.75, 3.05) is 6.54 Å². The first-order valence-corrected chi connectivity index (χ1v) is 7.42. The summed E-state index contributed by atoms with van der Waals surface area (Å²) in [6, 6.07) is 4.35. The van der Waals surface area contributed by atoms with Gasteiger partial charge in [0.05, 0.1) is 10.6 Å². The first-order valence-electron chi connectivity index (χ1n) is 7.04. The number of benzene rings is 1. The van der Waals surface area contributed by atoms with Gasteiger partial charge in [-0.15, -0.1) is 0 Å². The van der Waals surface area contributed by atoms with Gasteiger partial charge in [0.25, 0.3) is 5.91 Å². The van der Waals surface area contributed by atoms with Gasteiger partial charge in [-0.1, -0.05) is 11.6 Å². The zero-order valence-corrected chi connectivity index (χ0v) is 12.4. The Balaban J connectivity index is 2.16. The maximum atomic E-state index is 13.1. The van der Waals surface area contributed by atoms with Crippen LogP contribution in [0.3, 0.4) is 0 Å². The molecule has 1 aliphatic rings. The maximum absolute atomic E-state index is 13.1. The van der Waals surface area contributed by atoms with Crippen LogP contribution in [0.5, 0.6) is 0 Å². The van der Waals surface area contributed by atoms with Crippen LogP contribution in [-0.2, 0) is 0 Å². The second kappa shape index (κ2) is 6.55. The average Bonchev–Trinajstić information content (AvgIpc) is 2.41. The van der Waals surface area contributed by atoms with Gasteiger partial charge in [-0.05, 0) is 50.8 Å². The largest absolute Gasteiger partial charge is 0.336 e. The second-order valence-electron chi connectivity index (χ2n) is 5.28. The van der Waals surface area contributed by atoms with E-state index in [-0.39, 0.29) is 23.0 Å². The predicted octanol–water partition coefficient (Wildman–Crippen LogP) is 3.21. The van der Waals surface area contributed by atoms with Crippen LogP contribution in [0.15, 0.2) is 18.2 Å². The first-order chi connectivity index (χ1) is 9.52. The van der Waals surface area contributed by atoms with E-state index >= 15 is 0 Å². The van der Waals surface area contributed by atoms with Crippen LogP contribution in [0.25, 0.3) is 0 Å². The highest BCUT2D eigenvalue weighted by Gasteiger charge is 2.28. The molecule has 20 heavy (non-hydrogen) atoms. The molecule has 2 N–H and O–H groups in total. The molecule has 3 nitrogen and oxygen atoms in total. The molecule has 0 bridgehead atoms. The number of hydrogen-bond donors (Lipinski definition) is 1. The van der Waals surface area contributed by atoms with Gasteiger partial charge in [0, 0.05) is 18.6 Å². The molecule has 0 radical (unpaired) electrons. The molecule has 1 fully saturated rings. The van der Waals surface area contributed by atoms with Crippen molar-refractivity contribution in [2.45, 2.75) is 44.7 Å². The fraction of sp³-hybridized carbons (Fsp3) is 0.533. The number of nitrogens with two attached hydrogens (primary N) is 1. The zero-order valence-electron chi connectivity index (χ0n) is 11.6. The van der Waals surface area contributed by atoms with Crippen LogP contribution in [-0.4, -0.2) is 29.4 Å². The van der Waals surface area contributed by atoms with Crippen molar-refractivity contribution in [2.24, 2.45) is 5.73 Å². The molecule has 0 saturated heterocycles. The monoisotopic (exact) mass is 298 g/mol. The Kier molecular flexibility index (Phi) is 5.00. The van der Waals surface area contributed by atoms with Crippen LogP contribution in [0.4, 0.5) is 4.39 Å². The molecule has 0 aliphatic heterocycles. The summed E-state index contributed by atoms with van der Waals surface area (Å²) in [5.41, 5.74) is 6.27. The Morgan fingerprint density at radius 1 is 1.40 bits per heavy atom. The number of carbonyl (C=O) groups excluding carboxylic acids is 1. The summed E-state index contributed by atoms with van der Waals surface area (Å²) in [5, 5.41) is 0.168. The lowest BCUT2D eigenvalue weighted by atomic mass is 9.90. The van der Waals surface area contributed by atoms with Crippen molar-refractivity contribution in [1.29, 1.82) is 0 Å². The summed E-state index contributed by atoms with van der Waals surface area (Å²) in [4.78, 5) is 14.4.